The second-order valence-electron chi connectivity index (χ2n) is 6.36. The molecule has 0 saturated heterocycles. The third-order valence-corrected chi connectivity index (χ3v) is 4.85. The third kappa shape index (κ3) is 6.34. The lowest BCUT2D eigenvalue weighted by atomic mass is 10.2. The van der Waals surface area contributed by atoms with Crippen molar-refractivity contribution < 1.29 is 13.9 Å². The molecule has 2 rings (SSSR count). The zero-order chi connectivity index (χ0) is 19.6. The van der Waals surface area contributed by atoms with Crippen molar-refractivity contribution in [3.63, 3.8) is 0 Å². The fraction of sp³-hybridized carbons (Fsp3) is 0.500. The first-order valence-corrected chi connectivity index (χ1v) is 10.5. The summed E-state index contributed by atoms with van der Waals surface area (Å²) in [6, 6.07) is 6.76. The van der Waals surface area contributed by atoms with Gasteiger partial charge in [-0.15, -0.1) is 0 Å². The first-order valence-electron chi connectivity index (χ1n) is 9.34. The Morgan fingerprint density at radius 1 is 1.30 bits per heavy atom. The number of carbonyl (C=O) groups excluding carboxylic acids is 1. The number of rotatable bonds is 11. The van der Waals surface area contributed by atoms with Crippen LogP contribution in [0.2, 0.25) is 0 Å². The highest BCUT2D eigenvalue weighted by atomic mass is 79.9. The number of nitrogens with zero attached hydrogens (tertiary/aromatic N) is 2. The van der Waals surface area contributed by atoms with Gasteiger partial charge in [0.05, 0.1) is 12.3 Å². The summed E-state index contributed by atoms with van der Waals surface area (Å²) < 4.78 is 21.7. The molecule has 5 nitrogen and oxygen atoms in total. The number of hydrogen-bond acceptors (Lipinski definition) is 3. The molecule has 1 N–H and O–H groups in total. The SMILES string of the molecule is CCc1cc(C(=O)NCc2cccc(OCCCCCCBr)c2F)n(C)n1. The normalized spacial score (nSPS) is 10.8. The monoisotopic (exact) mass is 439 g/mol. The van der Waals surface area contributed by atoms with E-state index in [0.717, 1.165) is 43.1 Å². The predicted molar refractivity (Wildman–Crippen MR) is 108 cm³/mol. The summed E-state index contributed by atoms with van der Waals surface area (Å²) in [6.45, 7) is 2.57. The van der Waals surface area contributed by atoms with E-state index in [1.54, 1.807) is 36.0 Å². The van der Waals surface area contributed by atoms with Crippen LogP contribution >= 0.6 is 15.9 Å². The molecule has 0 aliphatic heterocycles. The van der Waals surface area contributed by atoms with Gasteiger partial charge in [0.2, 0.25) is 0 Å². The Labute approximate surface area is 168 Å². The summed E-state index contributed by atoms with van der Waals surface area (Å²) in [4.78, 5) is 12.3. The first kappa shape index (κ1) is 21.4. The highest BCUT2D eigenvalue weighted by Gasteiger charge is 2.14. The van der Waals surface area contributed by atoms with Crippen molar-refractivity contribution in [1.82, 2.24) is 15.1 Å². The average Bonchev–Trinajstić information content (AvgIpc) is 3.05. The molecule has 0 aliphatic carbocycles. The maximum absolute atomic E-state index is 14.6. The van der Waals surface area contributed by atoms with Crippen LogP contribution < -0.4 is 10.1 Å². The molecule has 1 heterocycles. The summed E-state index contributed by atoms with van der Waals surface area (Å²) in [5, 5.41) is 8.02. The summed E-state index contributed by atoms with van der Waals surface area (Å²) >= 11 is 3.41. The smallest absolute Gasteiger partial charge is 0.269 e. The number of nitrogens with one attached hydrogen (secondary N) is 1. The molecular formula is C20H27BrFN3O2. The quantitative estimate of drug-likeness (QED) is 0.417. The molecule has 0 bridgehead atoms. The zero-order valence-corrected chi connectivity index (χ0v) is 17.5. The van der Waals surface area contributed by atoms with E-state index >= 15 is 0 Å². The molecule has 2 aromatic rings. The van der Waals surface area contributed by atoms with Crippen molar-refractivity contribution in [2.75, 3.05) is 11.9 Å². The number of amides is 1. The minimum absolute atomic E-state index is 0.0970. The predicted octanol–water partition coefficient (Wildman–Crippen LogP) is 4.39. The molecule has 1 aromatic carbocycles. The Kier molecular flexibility index (Phi) is 8.78. The molecule has 0 spiro atoms. The van der Waals surface area contributed by atoms with Crippen LogP contribution in [0.1, 0.15) is 54.4 Å². The summed E-state index contributed by atoms with van der Waals surface area (Å²) in [6.07, 6.45) is 4.99. The fourth-order valence-corrected chi connectivity index (χ4v) is 3.11. The molecule has 1 amide bonds. The van der Waals surface area contributed by atoms with Crippen LogP contribution in [0.15, 0.2) is 24.3 Å². The first-order chi connectivity index (χ1) is 13.1. The molecule has 0 aliphatic rings. The van der Waals surface area contributed by atoms with Crippen LogP contribution in [0.3, 0.4) is 0 Å². The molecule has 27 heavy (non-hydrogen) atoms. The summed E-state index contributed by atoms with van der Waals surface area (Å²) in [7, 11) is 1.72. The highest BCUT2D eigenvalue weighted by molar-refractivity contribution is 9.09. The largest absolute Gasteiger partial charge is 0.491 e. The molecule has 0 fully saturated rings. The number of unbranched alkanes of at least 4 members (excludes halogenated alkanes) is 3. The van der Waals surface area contributed by atoms with Crippen LogP contribution in [0.5, 0.6) is 5.75 Å². The Balaban J connectivity index is 1.89. The maximum Gasteiger partial charge on any atom is 0.269 e. The van der Waals surface area contributed by atoms with Crippen molar-refractivity contribution in [3.05, 3.63) is 47.0 Å². The van der Waals surface area contributed by atoms with Crippen LogP contribution in [-0.4, -0.2) is 27.6 Å². The number of ether oxygens (including phenoxy) is 1. The summed E-state index contributed by atoms with van der Waals surface area (Å²) in [5.74, 6) is -0.462. The molecule has 0 radical (unpaired) electrons. The van der Waals surface area contributed by atoms with Crippen molar-refractivity contribution in [1.29, 1.82) is 0 Å². The van der Waals surface area contributed by atoms with E-state index in [0.29, 0.717) is 17.9 Å². The van der Waals surface area contributed by atoms with Crippen LogP contribution in [0.4, 0.5) is 4.39 Å². The van der Waals surface area contributed by atoms with Gasteiger partial charge in [0.25, 0.3) is 5.91 Å². The average molecular weight is 440 g/mol. The van der Waals surface area contributed by atoms with E-state index < -0.39 is 5.82 Å². The van der Waals surface area contributed by atoms with Gasteiger partial charge in [-0.05, 0) is 31.4 Å². The van der Waals surface area contributed by atoms with Gasteiger partial charge in [-0.25, -0.2) is 4.39 Å². The second-order valence-corrected chi connectivity index (χ2v) is 7.15. The van der Waals surface area contributed by atoms with Gasteiger partial charge in [-0.1, -0.05) is 47.8 Å². The van der Waals surface area contributed by atoms with E-state index in [2.05, 4.69) is 26.3 Å². The standard InChI is InChI=1S/C20H27BrFN3O2/c1-3-16-13-17(25(2)24-16)20(26)23-14-15-9-8-10-18(19(15)22)27-12-7-5-4-6-11-21/h8-10,13H,3-7,11-12,14H2,1-2H3,(H,23,26). The second kappa shape index (κ2) is 11.1. The molecule has 0 atom stereocenters. The highest BCUT2D eigenvalue weighted by Crippen LogP contribution is 2.21. The number of carbonyl (C=O) groups is 1. The van der Waals surface area contributed by atoms with Crippen LogP contribution in [0.25, 0.3) is 0 Å². The molecule has 0 unspecified atom stereocenters. The Morgan fingerprint density at radius 2 is 2.07 bits per heavy atom. The van der Waals surface area contributed by atoms with Gasteiger partial charge in [0.1, 0.15) is 5.69 Å². The van der Waals surface area contributed by atoms with Gasteiger partial charge in [-0.3, -0.25) is 9.48 Å². The number of benzene rings is 1. The topological polar surface area (TPSA) is 56.1 Å². The van der Waals surface area contributed by atoms with E-state index in [1.165, 1.54) is 0 Å². The van der Waals surface area contributed by atoms with Crippen molar-refractivity contribution in [3.8, 4) is 5.75 Å². The van der Waals surface area contributed by atoms with E-state index in [-0.39, 0.29) is 18.2 Å². The maximum atomic E-state index is 14.6. The molecular weight excluding hydrogens is 413 g/mol. The van der Waals surface area contributed by atoms with Crippen molar-refractivity contribution in [2.45, 2.75) is 45.6 Å². The lowest BCUT2D eigenvalue weighted by Gasteiger charge is -2.11. The van der Waals surface area contributed by atoms with Gasteiger partial charge >= 0.3 is 0 Å². The van der Waals surface area contributed by atoms with Crippen molar-refractivity contribution in [2.24, 2.45) is 7.05 Å². The lowest BCUT2D eigenvalue weighted by molar-refractivity contribution is 0.0941. The van der Waals surface area contributed by atoms with Gasteiger partial charge in [0, 0.05) is 24.5 Å². The molecule has 0 saturated carbocycles. The van der Waals surface area contributed by atoms with Gasteiger partial charge in [0.15, 0.2) is 11.6 Å². The Bertz CT molecular complexity index is 749. The third-order valence-electron chi connectivity index (χ3n) is 4.29. The molecule has 1 aromatic heterocycles. The van der Waals surface area contributed by atoms with Crippen LogP contribution in [0, 0.1) is 5.82 Å². The lowest BCUT2D eigenvalue weighted by Crippen LogP contribution is -2.25. The number of aryl methyl sites for hydroxylation is 2. The minimum Gasteiger partial charge on any atom is -0.491 e. The Morgan fingerprint density at radius 3 is 2.78 bits per heavy atom. The van der Waals surface area contributed by atoms with Crippen LogP contribution in [-0.2, 0) is 20.0 Å². The zero-order valence-electron chi connectivity index (χ0n) is 15.9. The van der Waals surface area contributed by atoms with E-state index in [4.69, 9.17) is 4.74 Å². The van der Waals surface area contributed by atoms with E-state index in [1.807, 2.05) is 6.92 Å². The molecule has 148 valence electrons. The number of aromatic nitrogens is 2. The van der Waals surface area contributed by atoms with Gasteiger partial charge < -0.3 is 10.1 Å². The minimum atomic E-state index is -0.419. The summed E-state index contributed by atoms with van der Waals surface area (Å²) in [5.41, 5.74) is 1.71. The van der Waals surface area contributed by atoms with E-state index in [9.17, 15) is 9.18 Å². The van der Waals surface area contributed by atoms with Crippen molar-refractivity contribution >= 4 is 21.8 Å². The fourth-order valence-electron chi connectivity index (χ4n) is 2.71. The Hall–Kier alpha value is -1.89. The molecule has 7 heteroatoms. The van der Waals surface area contributed by atoms with Gasteiger partial charge in [-0.2, -0.15) is 5.10 Å². The number of hydrogen-bond donors (Lipinski definition) is 1. The number of halogens is 2. The number of alkyl halides is 1.